The second kappa shape index (κ2) is 3.37. The molecule has 0 saturated heterocycles. The Morgan fingerprint density at radius 3 is 2.86 bits per heavy atom. The third-order valence-electron chi connectivity index (χ3n) is 2.81. The van der Waals surface area contributed by atoms with Crippen molar-refractivity contribution in [3.8, 4) is 0 Å². The van der Waals surface area contributed by atoms with Crippen LogP contribution in [-0.4, -0.2) is 4.98 Å². The molecule has 2 nitrogen and oxygen atoms in total. The fraction of sp³-hybridized carbons (Fsp3) is 0.333. The maximum Gasteiger partial charge on any atom is 0.0457 e. The van der Waals surface area contributed by atoms with E-state index in [1.54, 1.807) is 0 Å². The van der Waals surface area contributed by atoms with Gasteiger partial charge in [0, 0.05) is 22.3 Å². The van der Waals surface area contributed by atoms with Crippen molar-refractivity contribution in [2.24, 2.45) is 0 Å². The van der Waals surface area contributed by atoms with E-state index in [1.807, 2.05) is 18.2 Å². The highest BCUT2D eigenvalue weighted by atomic mass is 14.7. The molecule has 1 unspecified atom stereocenters. The Bertz CT molecular complexity index is 443. The molecule has 1 aromatic heterocycles. The smallest absolute Gasteiger partial charge is 0.0457 e. The van der Waals surface area contributed by atoms with Gasteiger partial charge in [-0.1, -0.05) is 13.8 Å². The molecule has 0 amide bonds. The molecular formula is C12H16N2. The molecule has 2 rings (SSSR count). The molecule has 1 atom stereocenters. The summed E-state index contributed by atoms with van der Waals surface area (Å²) < 4.78 is 0. The van der Waals surface area contributed by atoms with Crippen LogP contribution in [0, 0.1) is 0 Å². The monoisotopic (exact) mass is 188 g/mol. The summed E-state index contributed by atoms with van der Waals surface area (Å²) in [7, 11) is 0. The molecule has 0 radical (unpaired) electrons. The Labute approximate surface area is 84.1 Å². The summed E-state index contributed by atoms with van der Waals surface area (Å²) in [4.78, 5) is 3.42. The first kappa shape index (κ1) is 9.13. The zero-order valence-corrected chi connectivity index (χ0v) is 8.67. The van der Waals surface area contributed by atoms with E-state index in [1.165, 1.54) is 16.6 Å². The van der Waals surface area contributed by atoms with Crippen LogP contribution in [0.15, 0.2) is 24.3 Å². The molecule has 0 saturated carbocycles. The van der Waals surface area contributed by atoms with Gasteiger partial charge < -0.3 is 10.7 Å². The van der Waals surface area contributed by atoms with E-state index in [-0.39, 0.29) is 0 Å². The Balaban J connectivity index is 2.51. The largest absolute Gasteiger partial charge is 0.399 e. The Morgan fingerprint density at radius 2 is 2.14 bits per heavy atom. The van der Waals surface area contributed by atoms with Crippen molar-refractivity contribution < 1.29 is 0 Å². The van der Waals surface area contributed by atoms with E-state index < -0.39 is 0 Å². The average Bonchev–Trinajstić information content (AvgIpc) is 2.59. The number of H-pyrrole nitrogens is 1. The summed E-state index contributed by atoms with van der Waals surface area (Å²) in [5.41, 5.74) is 9.03. The lowest BCUT2D eigenvalue weighted by Gasteiger charge is -2.03. The highest BCUT2D eigenvalue weighted by Gasteiger charge is 2.06. The minimum absolute atomic E-state index is 0.587. The van der Waals surface area contributed by atoms with Crippen LogP contribution < -0.4 is 5.73 Å². The van der Waals surface area contributed by atoms with Crippen molar-refractivity contribution in [2.45, 2.75) is 26.2 Å². The second-order valence-corrected chi connectivity index (χ2v) is 3.88. The van der Waals surface area contributed by atoms with E-state index in [9.17, 15) is 0 Å². The van der Waals surface area contributed by atoms with E-state index >= 15 is 0 Å². The quantitative estimate of drug-likeness (QED) is 0.698. The van der Waals surface area contributed by atoms with Crippen molar-refractivity contribution in [1.82, 2.24) is 4.98 Å². The Hall–Kier alpha value is -1.44. The second-order valence-electron chi connectivity index (χ2n) is 3.88. The van der Waals surface area contributed by atoms with Gasteiger partial charge in [-0.3, -0.25) is 0 Å². The molecule has 2 aromatic rings. The molecule has 0 spiro atoms. The van der Waals surface area contributed by atoms with Crippen LogP contribution in [0.3, 0.4) is 0 Å². The van der Waals surface area contributed by atoms with Gasteiger partial charge in [0.25, 0.3) is 0 Å². The number of fused-ring (bicyclic) bond motifs is 1. The van der Waals surface area contributed by atoms with Gasteiger partial charge in [-0.25, -0.2) is 0 Å². The summed E-state index contributed by atoms with van der Waals surface area (Å²) in [6, 6.07) is 8.17. The fourth-order valence-electron chi connectivity index (χ4n) is 1.66. The summed E-state index contributed by atoms with van der Waals surface area (Å²) in [6.07, 6.45) is 1.16. The number of nitrogens with one attached hydrogen (secondary N) is 1. The molecule has 0 bridgehead atoms. The molecule has 0 fully saturated rings. The first-order chi connectivity index (χ1) is 6.70. The molecule has 1 aromatic carbocycles. The van der Waals surface area contributed by atoms with Crippen molar-refractivity contribution in [3.63, 3.8) is 0 Å². The average molecular weight is 188 g/mol. The van der Waals surface area contributed by atoms with Crippen molar-refractivity contribution in [1.29, 1.82) is 0 Å². The summed E-state index contributed by atoms with van der Waals surface area (Å²) in [5.74, 6) is 0.587. The number of nitrogen functional groups attached to an aromatic ring is 1. The van der Waals surface area contributed by atoms with E-state index in [0.717, 1.165) is 12.1 Å². The molecule has 3 N–H and O–H groups in total. The zero-order chi connectivity index (χ0) is 10.1. The molecule has 0 aliphatic heterocycles. The lowest BCUT2D eigenvalue weighted by atomic mass is 10.1. The molecule has 2 heteroatoms. The Kier molecular flexibility index (Phi) is 2.20. The van der Waals surface area contributed by atoms with Crippen LogP contribution in [0.5, 0.6) is 0 Å². The topological polar surface area (TPSA) is 41.8 Å². The normalized spacial score (nSPS) is 13.3. The fourth-order valence-corrected chi connectivity index (χ4v) is 1.66. The maximum absolute atomic E-state index is 5.73. The summed E-state index contributed by atoms with van der Waals surface area (Å²) in [5, 5.41) is 1.21. The highest BCUT2D eigenvalue weighted by Crippen LogP contribution is 2.24. The molecular weight excluding hydrogens is 172 g/mol. The number of benzene rings is 1. The minimum Gasteiger partial charge on any atom is -0.399 e. The first-order valence-electron chi connectivity index (χ1n) is 5.09. The number of hydrogen-bond acceptors (Lipinski definition) is 1. The number of aromatic nitrogens is 1. The molecule has 74 valence electrons. The summed E-state index contributed by atoms with van der Waals surface area (Å²) in [6.45, 7) is 4.43. The molecule has 14 heavy (non-hydrogen) atoms. The standard InChI is InChI=1S/C12H16N2/c1-3-8(2)12-7-9-6-10(13)4-5-11(9)14-12/h4-8,14H,3,13H2,1-2H3. The molecule has 1 heterocycles. The first-order valence-corrected chi connectivity index (χ1v) is 5.09. The van der Waals surface area contributed by atoms with Crippen LogP contribution in [0.1, 0.15) is 31.9 Å². The highest BCUT2D eigenvalue weighted by molar-refractivity contribution is 5.83. The van der Waals surface area contributed by atoms with E-state index in [4.69, 9.17) is 5.73 Å². The van der Waals surface area contributed by atoms with Crippen LogP contribution >= 0.6 is 0 Å². The van der Waals surface area contributed by atoms with Crippen molar-refractivity contribution >= 4 is 16.6 Å². The number of nitrogens with two attached hydrogens (primary N) is 1. The van der Waals surface area contributed by atoms with Gasteiger partial charge in [0.05, 0.1) is 0 Å². The zero-order valence-electron chi connectivity index (χ0n) is 8.67. The van der Waals surface area contributed by atoms with Crippen molar-refractivity contribution in [2.75, 3.05) is 5.73 Å². The van der Waals surface area contributed by atoms with Crippen LogP contribution in [0.25, 0.3) is 10.9 Å². The van der Waals surface area contributed by atoms with Gasteiger partial charge in [0.15, 0.2) is 0 Å². The summed E-state index contributed by atoms with van der Waals surface area (Å²) >= 11 is 0. The van der Waals surface area contributed by atoms with Gasteiger partial charge >= 0.3 is 0 Å². The van der Waals surface area contributed by atoms with Gasteiger partial charge in [0.2, 0.25) is 0 Å². The SMILES string of the molecule is CCC(C)c1cc2cc(N)ccc2[nH]1. The van der Waals surface area contributed by atoms with E-state index in [0.29, 0.717) is 5.92 Å². The predicted molar refractivity (Wildman–Crippen MR) is 61.4 cm³/mol. The van der Waals surface area contributed by atoms with Crippen LogP contribution in [0.2, 0.25) is 0 Å². The number of hydrogen-bond donors (Lipinski definition) is 2. The van der Waals surface area contributed by atoms with E-state index in [2.05, 4.69) is 24.9 Å². The van der Waals surface area contributed by atoms with Crippen LogP contribution in [0.4, 0.5) is 5.69 Å². The third kappa shape index (κ3) is 1.48. The van der Waals surface area contributed by atoms with Gasteiger partial charge in [-0.15, -0.1) is 0 Å². The Morgan fingerprint density at radius 1 is 1.36 bits per heavy atom. The number of aromatic amines is 1. The lowest BCUT2D eigenvalue weighted by molar-refractivity contribution is 0.715. The lowest BCUT2D eigenvalue weighted by Crippen LogP contribution is -1.89. The van der Waals surface area contributed by atoms with Gasteiger partial charge in [-0.2, -0.15) is 0 Å². The number of rotatable bonds is 2. The minimum atomic E-state index is 0.587. The third-order valence-corrected chi connectivity index (χ3v) is 2.81. The number of anilines is 1. The maximum atomic E-state index is 5.73. The van der Waals surface area contributed by atoms with Crippen LogP contribution in [-0.2, 0) is 0 Å². The van der Waals surface area contributed by atoms with Gasteiger partial charge in [-0.05, 0) is 36.6 Å². The van der Waals surface area contributed by atoms with Gasteiger partial charge in [0.1, 0.15) is 0 Å². The van der Waals surface area contributed by atoms with Crippen molar-refractivity contribution in [3.05, 3.63) is 30.0 Å². The molecule has 0 aliphatic carbocycles. The predicted octanol–water partition coefficient (Wildman–Crippen LogP) is 3.26. The molecule has 0 aliphatic rings.